The summed E-state index contributed by atoms with van der Waals surface area (Å²) in [5.74, 6) is -0.321. The molecule has 1 fully saturated rings. The molecule has 1 N–H and O–H groups in total. The van der Waals surface area contributed by atoms with E-state index in [-0.39, 0.29) is 5.97 Å². The predicted molar refractivity (Wildman–Crippen MR) is 56.7 cm³/mol. The van der Waals surface area contributed by atoms with Gasteiger partial charge in [-0.15, -0.1) is 0 Å². The first-order valence-electron chi connectivity index (χ1n) is 5.02. The lowest BCUT2D eigenvalue weighted by molar-refractivity contribution is -0.142. The molecule has 1 aliphatic rings. The average molecular weight is 237 g/mol. The van der Waals surface area contributed by atoms with Crippen LogP contribution >= 0.6 is 11.8 Å². The first-order chi connectivity index (χ1) is 7.27. The van der Waals surface area contributed by atoms with Gasteiger partial charge in [-0.3, -0.25) is 9.69 Å². The van der Waals surface area contributed by atoms with Gasteiger partial charge in [0.2, 0.25) is 0 Å². The highest BCUT2D eigenvalue weighted by atomic mass is 35.5. The molecule has 15 heavy (non-hydrogen) atoms. The van der Waals surface area contributed by atoms with Gasteiger partial charge in [0, 0.05) is 19.6 Å². The number of ether oxygens (including phenoxy) is 2. The molecule has 0 saturated carbocycles. The maximum absolute atomic E-state index is 11.2. The number of esters is 1. The second-order valence-electron chi connectivity index (χ2n) is 3.43. The quantitative estimate of drug-likeness (QED) is 0.538. The van der Waals surface area contributed by atoms with Crippen molar-refractivity contribution in [2.45, 2.75) is 12.5 Å². The van der Waals surface area contributed by atoms with Crippen LogP contribution in [0.1, 0.15) is 6.42 Å². The van der Waals surface area contributed by atoms with E-state index in [1.807, 2.05) is 0 Å². The number of nitrogens with zero attached hydrogens (tertiary/aromatic N) is 1. The Morgan fingerprint density at radius 3 is 2.80 bits per heavy atom. The number of nitrogens with one attached hydrogen (secondary N) is 1. The fourth-order valence-corrected chi connectivity index (χ4v) is 1.69. The molecule has 1 rings (SSSR count). The number of methoxy groups -OCH3 is 1. The van der Waals surface area contributed by atoms with Gasteiger partial charge in [0.05, 0.1) is 20.3 Å². The minimum absolute atomic E-state index is 0.321. The number of hydrogen-bond acceptors (Lipinski definition) is 5. The SMILES string of the molecule is COC(=O)[C@H](CCN1CCOCC1)NCl. The second kappa shape index (κ2) is 7.00. The van der Waals surface area contributed by atoms with E-state index in [4.69, 9.17) is 16.5 Å². The summed E-state index contributed by atoms with van der Waals surface area (Å²) in [5.41, 5.74) is 0. The maximum atomic E-state index is 11.2. The van der Waals surface area contributed by atoms with Crippen molar-refractivity contribution in [2.24, 2.45) is 0 Å². The number of halogens is 1. The zero-order valence-electron chi connectivity index (χ0n) is 8.87. The molecule has 1 saturated heterocycles. The average Bonchev–Trinajstić information content (AvgIpc) is 2.31. The van der Waals surface area contributed by atoms with Crippen LogP contribution in [0.15, 0.2) is 0 Å². The van der Waals surface area contributed by atoms with E-state index in [1.165, 1.54) is 7.11 Å². The lowest BCUT2D eigenvalue weighted by atomic mass is 10.2. The molecule has 1 aliphatic heterocycles. The van der Waals surface area contributed by atoms with E-state index in [0.717, 1.165) is 32.8 Å². The third kappa shape index (κ3) is 4.34. The van der Waals surface area contributed by atoms with Crippen molar-refractivity contribution in [1.82, 2.24) is 9.74 Å². The largest absolute Gasteiger partial charge is 0.468 e. The molecular formula is C9H17ClN2O3. The smallest absolute Gasteiger partial charge is 0.324 e. The fourth-order valence-electron chi connectivity index (χ4n) is 1.50. The summed E-state index contributed by atoms with van der Waals surface area (Å²) in [6, 6.07) is -0.431. The minimum Gasteiger partial charge on any atom is -0.468 e. The molecule has 0 aliphatic carbocycles. The molecule has 5 nitrogen and oxygen atoms in total. The van der Waals surface area contributed by atoms with E-state index < -0.39 is 6.04 Å². The van der Waals surface area contributed by atoms with E-state index in [1.54, 1.807) is 0 Å². The van der Waals surface area contributed by atoms with Gasteiger partial charge in [0.15, 0.2) is 0 Å². The van der Waals surface area contributed by atoms with Crippen molar-refractivity contribution in [2.75, 3.05) is 40.0 Å². The van der Waals surface area contributed by atoms with Crippen LogP contribution < -0.4 is 4.84 Å². The Hall–Kier alpha value is -0.360. The Morgan fingerprint density at radius 2 is 2.27 bits per heavy atom. The summed E-state index contributed by atoms with van der Waals surface area (Å²) in [4.78, 5) is 15.9. The number of hydrogen-bond donors (Lipinski definition) is 1. The van der Waals surface area contributed by atoms with Crippen LogP contribution in [0.2, 0.25) is 0 Å². The van der Waals surface area contributed by atoms with E-state index in [0.29, 0.717) is 6.42 Å². The van der Waals surface area contributed by atoms with Crippen molar-refractivity contribution < 1.29 is 14.3 Å². The highest BCUT2D eigenvalue weighted by Gasteiger charge is 2.19. The topological polar surface area (TPSA) is 50.8 Å². The number of carbonyl (C=O) groups is 1. The lowest BCUT2D eigenvalue weighted by Gasteiger charge is -2.27. The van der Waals surface area contributed by atoms with Crippen LogP contribution in [0, 0.1) is 0 Å². The Kier molecular flexibility index (Phi) is 5.93. The predicted octanol–water partition coefficient (Wildman–Crippen LogP) is -0.00630. The number of morpholine rings is 1. The van der Waals surface area contributed by atoms with Crippen LogP contribution in [0.5, 0.6) is 0 Å². The van der Waals surface area contributed by atoms with Crippen molar-refractivity contribution in [1.29, 1.82) is 0 Å². The molecule has 0 bridgehead atoms. The van der Waals surface area contributed by atoms with Gasteiger partial charge in [0.25, 0.3) is 0 Å². The summed E-state index contributed by atoms with van der Waals surface area (Å²) >= 11 is 5.46. The highest BCUT2D eigenvalue weighted by molar-refractivity contribution is 6.14. The fraction of sp³-hybridized carbons (Fsp3) is 0.889. The Labute approximate surface area is 94.8 Å². The zero-order valence-corrected chi connectivity index (χ0v) is 9.63. The van der Waals surface area contributed by atoms with Crippen LogP contribution in [-0.2, 0) is 14.3 Å². The molecule has 0 amide bonds. The van der Waals surface area contributed by atoms with Gasteiger partial charge in [0.1, 0.15) is 6.04 Å². The Balaban J connectivity index is 2.23. The molecule has 0 unspecified atom stereocenters. The summed E-state index contributed by atoms with van der Waals surface area (Å²) < 4.78 is 9.84. The van der Waals surface area contributed by atoms with E-state index in [9.17, 15) is 4.79 Å². The molecule has 1 atom stereocenters. The van der Waals surface area contributed by atoms with Gasteiger partial charge in [-0.2, -0.15) is 0 Å². The summed E-state index contributed by atoms with van der Waals surface area (Å²) in [7, 11) is 1.36. The summed E-state index contributed by atoms with van der Waals surface area (Å²) in [6.45, 7) is 4.17. The first-order valence-corrected chi connectivity index (χ1v) is 5.40. The lowest BCUT2D eigenvalue weighted by Crippen LogP contribution is -2.41. The van der Waals surface area contributed by atoms with Gasteiger partial charge in [-0.1, -0.05) is 0 Å². The van der Waals surface area contributed by atoms with Crippen molar-refractivity contribution >= 4 is 17.7 Å². The molecule has 0 spiro atoms. The zero-order chi connectivity index (χ0) is 11.1. The van der Waals surface area contributed by atoms with Crippen LogP contribution in [0.25, 0.3) is 0 Å². The molecule has 0 aromatic carbocycles. The van der Waals surface area contributed by atoms with E-state index >= 15 is 0 Å². The third-order valence-electron chi connectivity index (χ3n) is 2.46. The van der Waals surface area contributed by atoms with Crippen molar-refractivity contribution in [3.63, 3.8) is 0 Å². The van der Waals surface area contributed by atoms with Gasteiger partial charge in [-0.05, 0) is 18.2 Å². The van der Waals surface area contributed by atoms with E-state index in [2.05, 4.69) is 14.5 Å². The number of rotatable bonds is 5. The van der Waals surface area contributed by atoms with Crippen LogP contribution in [0.3, 0.4) is 0 Å². The molecule has 0 aromatic heterocycles. The third-order valence-corrected chi connectivity index (χ3v) is 2.72. The minimum atomic E-state index is -0.431. The summed E-state index contributed by atoms with van der Waals surface area (Å²) in [6.07, 6.45) is 0.649. The van der Waals surface area contributed by atoms with Gasteiger partial charge < -0.3 is 9.47 Å². The van der Waals surface area contributed by atoms with Gasteiger partial charge >= 0.3 is 5.97 Å². The monoisotopic (exact) mass is 236 g/mol. The standard InChI is InChI=1S/C9H17ClN2O3/c1-14-9(13)8(11-10)2-3-12-4-6-15-7-5-12/h8,11H,2-7H2,1H3/t8-/m0/s1. The molecule has 1 heterocycles. The molecular weight excluding hydrogens is 220 g/mol. The summed E-state index contributed by atoms with van der Waals surface area (Å²) in [5, 5.41) is 0. The highest BCUT2D eigenvalue weighted by Crippen LogP contribution is 2.02. The Morgan fingerprint density at radius 1 is 1.60 bits per heavy atom. The second-order valence-corrected chi connectivity index (χ2v) is 3.65. The Bertz CT molecular complexity index is 198. The van der Waals surface area contributed by atoms with Crippen molar-refractivity contribution in [3.05, 3.63) is 0 Å². The molecule has 0 radical (unpaired) electrons. The number of carbonyl (C=O) groups excluding carboxylic acids is 1. The van der Waals surface area contributed by atoms with Crippen molar-refractivity contribution in [3.8, 4) is 0 Å². The molecule has 6 heteroatoms. The van der Waals surface area contributed by atoms with Gasteiger partial charge in [-0.25, -0.2) is 4.84 Å². The van der Waals surface area contributed by atoms with Crippen LogP contribution in [-0.4, -0.2) is 56.9 Å². The molecule has 88 valence electrons. The molecule has 0 aromatic rings. The van der Waals surface area contributed by atoms with Crippen LogP contribution in [0.4, 0.5) is 0 Å². The normalized spacial score (nSPS) is 19.9. The first kappa shape index (κ1) is 12.7. The maximum Gasteiger partial charge on any atom is 0.324 e.